The maximum absolute atomic E-state index is 11.7. The molecule has 0 aliphatic carbocycles. The van der Waals surface area contributed by atoms with Crippen LogP contribution in [0.1, 0.15) is 18.1 Å². The van der Waals surface area contributed by atoms with Crippen LogP contribution in [0.4, 0.5) is 5.69 Å². The molecule has 0 N–H and O–H groups in total. The van der Waals surface area contributed by atoms with Gasteiger partial charge < -0.3 is 0 Å². The second kappa shape index (κ2) is 5.81. The van der Waals surface area contributed by atoms with Gasteiger partial charge in [-0.1, -0.05) is 41.1 Å². The van der Waals surface area contributed by atoms with Crippen molar-refractivity contribution >= 4 is 27.4 Å². The largest absolute Gasteiger partial charge is 0.299 e. The number of carbonyl (C=O) groups excluding carboxylic acids is 1. The van der Waals surface area contributed by atoms with Gasteiger partial charge in [-0.15, -0.1) is 0 Å². The van der Waals surface area contributed by atoms with E-state index >= 15 is 0 Å². The van der Waals surface area contributed by atoms with E-state index in [0.29, 0.717) is 17.4 Å². The summed E-state index contributed by atoms with van der Waals surface area (Å²) in [5.41, 5.74) is 2.58. The maximum Gasteiger partial charge on any atom is 0.190 e. The summed E-state index contributed by atoms with van der Waals surface area (Å²) in [5, 5.41) is 0.699. The maximum atomic E-state index is 11.7. The molecule has 0 heterocycles. The molecular weight excluding hydrogens is 266 g/mol. The van der Waals surface area contributed by atoms with Crippen LogP contribution in [0, 0.1) is 19.4 Å². The standard InChI is InChI=1S/C13H14BrNO/c1-9-6-11(4-5-12(9)15-3)7-13(16)10(2)8-14/h4-6,10H,7-8H2,1-2H3. The number of halogens is 1. The van der Waals surface area contributed by atoms with Crippen molar-refractivity contribution < 1.29 is 4.79 Å². The molecular formula is C13H14BrNO. The summed E-state index contributed by atoms with van der Waals surface area (Å²) in [7, 11) is 0. The van der Waals surface area contributed by atoms with Gasteiger partial charge >= 0.3 is 0 Å². The van der Waals surface area contributed by atoms with Crippen LogP contribution in [-0.4, -0.2) is 11.1 Å². The van der Waals surface area contributed by atoms with Crippen LogP contribution in [0.25, 0.3) is 4.85 Å². The number of carbonyl (C=O) groups is 1. The van der Waals surface area contributed by atoms with E-state index in [4.69, 9.17) is 6.57 Å². The predicted octanol–water partition coefficient (Wildman–Crippen LogP) is 3.69. The summed E-state index contributed by atoms with van der Waals surface area (Å²) in [4.78, 5) is 15.1. The Morgan fingerprint density at radius 3 is 2.75 bits per heavy atom. The molecule has 2 nitrogen and oxygen atoms in total. The molecule has 84 valence electrons. The Morgan fingerprint density at radius 1 is 1.56 bits per heavy atom. The fourth-order valence-corrected chi connectivity index (χ4v) is 1.78. The van der Waals surface area contributed by atoms with Crippen LogP contribution in [0.5, 0.6) is 0 Å². The normalized spacial score (nSPS) is 11.9. The highest BCUT2D eigenvalue weighted by Crippen LogP contribution is 2.20. The fourth-order valence-electron chi connectivity index (χ4n) is 1.41. The number of hydrogen-bond acceptors (Lipinski definition) is 1. The third-order valence-electron chi connectivity index (χ3n) is 2.54. The molecule has 0 saturated heterocycles. The highest BCUT2D eigenvalue weighted by molar-refractivity contribution is 9.09. The smallest absolute Gasteiger partial charge is 0.190 e. The highest BCUT2D eigenvalue weighted by Gasteiger charge is 2.12. The Morgan fingerprint density at radius 2 is 2.25 bits per heavy atom. The lowest BCUT2D eigenvalue weighted by molar-refractivity contribution is -0.121. The zero-order valence-electron chi connectivity index (χ0n) is 9.46. The van der Waals surface area contributed by atoms with Crippen LogP contribution in [0.2, 0.25) is 0 Å². The molecule has 0 spiro atoms. The van der Waals surface area contributed by atoms with Gasteiger partial charge in [0.2, 0.25) is 0 Å². The van der Waals surface area contributed by atoms with Gasteiger partial charge in [-0.05, 0) is 18.1 Å². The topological polar surface area (TPSA) is 21.4 Å². The first-order valence-corrected chi connectivity index (χ1v) is 6.26. The van der Waals surface area contributed by atoms with Crippen molar-refractivity contribution in [2.45, 2.75) is 20.3 Å². The molecule has 0 aliphatic heterocycles. The molecule has 0 amide bonds. The van der Waals surface area contributed by atoms with E-state index in [1.165, 1.54) is 0 Å². The number of alkyl halides is 1. The van der Waals surface area contributed by atoms with Crippen molar-refractivity contribution in [1.82, 2.24) is 0 Å². The van der Waals surface area contributed by atoms with E-state index in [0.717, 1.165) is 11.1 Å². The van der Waals surface area contributed by atoms with E-state index in [9.17, 15) is 4.79 Å². The average molecular weight is 280 g/mol. The molecule has 0 radical (unpaired) electrons. The van der Waals surface area contributed by atoms with Crippen LogP contribution in [0.3, 0.4) is 0 Å². The molecule has 3 heteroatoms. The zero-order valence-corrected chi connectivity index (χ0v) is 11.0. The SMILES string of the molecule is [C-]#[N+]c1ccc(CC(=O)C(C)CBr)cc1C. The number of ketones is 1. The molecule has 0 saturated carbocycles. The van der Waals surface area contributed by atoms with Crippen molar-refractivity contribution in [2.24, 2.45) is 5.92 Å². The number of Topliss-reactive ketones (excluding diaryl/α,β-unsaturated/α-hetero) is 1. The third kappa shape index (κ3) is 3.18. The van der Waals surface area contributed by atoms with E-state index in [-0.39, 0.29) is 11.7 Å². The van der Waals surface area contributed by atoms with Crippen LogP contribution >= 0.6 is 15.9 Å². The molecule has 0 bridgehead atoms. The molecule has 1 aromatic carbocycles. The monoisotopic (exact) mass is 279 g/mol. The lowest BCUT2D eigenvalue weighted by Crippen LogP contribution is -2.14. The minimum absolute atomic E-state index is 0.0424. The number of hydrogen-bond donors (Lipinski definition) is 0. The van der Waals surface area contributed by atoms with E-state index in [2.05, 4.69) is 20.8 Å². The Balaban J connectivity index is 2.80. The minimum Gasteiger partial charge on any atom is -0.299 e. The number of nitrogens with zero attached hydrogens (tertiary/aromatic N) is 1. The summed E-state index contributed by atoms with van der Waals surface area (Å²) < 4.78 is 0. The van der Waals surface area contributed by atoms with Crippen molar-refractivity contribution in [2.75, 3.05) is 5.33 Å². The molecule has 1 atom stereocenters. The van der Waals surface area contributed by atoms with Gasteiger partial charge in [0.05, 0.1) is 6.57 Å². The first-order chi connectivity index (χ1) is 7.58. The Kier molecular flexibility index (Phi) is 4.70. The summed E-state index contributed by atoms with van der Waals surface area (Å²) >= 11 is 3.31. The molecule has 0 aromatic heterocycles. The average Bonchev–Trinajstić information content (AvgIpc) is 2.28. The number of rotatable bonds is 4. The van der Waals surface area contributed by atoms with E-state index < -0.39 is 0 Å². The Bertz CT molecular complexity index is 434. The fraction of sp³-hybridized carbons (Fsp3) is 0.385. The second-order valence-electron chi connectivity index (χ2n) is 3.93. The summed E-state index contributed by atoms with van der Waals surface area (Å²) in [6, 6.07) is 5.56. The molecule has 16 heavy (non-hydrogen) atoms. The number of aryl methyl sites for hydroxylation is 1. The molecule has 0 fully saturated rings. The van der Waals surface area contributed by atoms with Crippen LogP contribution < -0.4 is 0 Å². The van der Waals surface area contributed by atoms with Gasteiger partial charge in [0, 0.05) is 17.7 Å². The second-order valence-corrected chi connectivity index (χ2v) is 4.58. The minimum atomic E-state index is 0.0424. The summed E-state index contributed by atoms with van der Waals surface area (Å²) in [6.45, 7) is 10.8. The number of benzene rings is 1. The molecule has 1 aromatic rings. The quantitative estimate of drug-likeness (QED) is 0.609. The van der Waals surface area contributed by atoms with Gasteiger partial charge in [-0.25, -0.2) is 4.85 Å². The van der Waals surface area contributed by atoms with E-state index in [1.807, 2.05) is 26.0 Å². The van der Waals surface area contributed by atoms with Crippen LogP contribution in [-0.2, 0) is 11.2 Å². The van der Waals surface area contributed by atoms with Crippen molar-refractivity contribution in [3.8, 4) is 0 Å². The van der Waals surface area contributed by atoms with Gasteiger partial charge in [-0.3, -0.25) is 4.79 Å². The van der Waals surface area contributed by atoms with Gasteiger partial charge in [-0.2, -0.15) is 0 Å². The summed E-state index contributed by atoms with van der Waals surface area (Å²) in [6.07, 6.45) is 0.450. The molecule has 1 unspecified atom stereocenters. The van der Waals surface area contributed by atoms with Gasteiger partial charge in [0.1, 0.15) is 5.78 Å². The van der Waals surface area contributed by atoms with Gasteiger partial charge in [0.15, 0.2) is 5.69 Å². The Hall–Kier alpha value is -1.14. The van der Waals surface area contributed by atoms with Crippen molar-refractivity contribution in [3.63, 3.8) is 0 Å². The van der Waals surface area contributed by atoms with Crippen molar-refractivity contribution in [3.05, 3.63) is 40.7 Å². The first kappa shape index (κ1) is 12.9. The highest BCUT2D eigenvalue weighted by atomic mass is 79.9. The van der Waals surface area contributed by atoms with Gasteiger partial charge in [0.25, 0.3) is 0 Å². The third-order valence-corrected chi connectivity index (χ3v) is 3.51. The zero-order chi connectivity index (χ0) is 12.1. The lowest BCUT2D eigenvalue weighted by atomic mass is 9.99. The van der Waals surface area contributed by atoms with Crippen LogP contribution in [0.15, 0.2) is 18.2 Å². The molecule has 0 aliphatic rings. The van der Waals surface area contributed by atoms with Crippen molar-refractivity contribution in [1.29, 1.82) is 0 Å². The van der Waals surface area contributed by atoms with E-state index in [1.54, 1.807) is 6.07 Å². The summed E-state index contributed by atoms with van der Waals surface area (Å²) in [5.74, 6) is 0.271. The Labute approximate surface area is 105 Å². The predicted molar refractivity (Wildman–Crippen MR) is 69.1 cm³/mol. The molecule has 1 rings (SSSR count). The lowest BCUT2D eigenvalue weighted by Gasteiger charge is -2.07. The first-order valence-electron chi connectivity index (χ1n) is 5.14.